The van der Waals surface area contributed by atoms with Crippen molar-refractivity contribution in [2.75, 3.05) is 26.9 Å². The van der Waals surface area contributed by atoms with E-state index < -0.39 is 0 Å². The number of aliphatic hydroxyl groups excluding tert-OH is 1. The number of rotatable bonds is 10. The van der Waals surface area contributed by atoms with Gasteiger partial charge in [0.2, 0.25) is 0 Å². The minimum absolute atomic E-state index is 0.155. The highest BCUT2D eigenvalue weighted by atomic mass is 16.5. The highest BCUT2D eigenvalue weighted by Gasteiger charge is 2.19. The molecule has 3 nitrogen and oxygen atoms in total. The molecule has 0 aromatic heterocycles. The molecule has 0 aliphatic carbocycles. The molecule has 15 heavy (non-hydrogen) atoms. The SMILES string of the molecule is CCCCCCOCCC(C)(CO)NC. The van der Waals surface area contributed by atoms with E-state index in [0.29, 0.717) is 0 Å². The molecular weight excluding hydrogens is 190 g/mol. The fourth-order valence-electron chi connectivity index (χ4n) is 1.31. The average molecular weight is 217 g/mol. The van der Waals surface area contributed by atoms with Crippen LogP contribution in [-0.4, -0.2) is 37.5 Å². The Hall–Kier alpha value is -0.120. The largest absolute Gasteiger partial charge is 0.394 e. The number of aliphatic hydroxyl groups is 1. The highest BCUT2D eigenvalue weighted by Crippen LogP contribution is 2.08. The van der Waals surface area contributed by atoms with Crippen molar-refractivity contribution in [3.63, 3.8) is 0 Å². The van der Waals surface area contributed by atoms with Gasteiger partial charge in [0.25, 0.3) is 0 Å². The normalized spacial score (nSPS) is 15.2. The Morgan fingerprint density at radius 3 is 2.47 bits per heavy atom. The Kier molecular flexibility index (Phi) is 9.06. The van der Waals surface area contributed by atoms with Crippen LogP contribution in [0.2, 0.25) is 0 Å². The summed E-state index contributed by atoms with van der Waals surface area (Å²) in [4.78, 5) is 0. The van der Waals surface area contributed by atoms with Crippen LogP contribution in [0.4, 0.5) is 0 Å². The third kappa shape index (κ3) is 7.77. The average Bonchev–Trinajstić information content (AvgIpc) is 2.27. The number of ether oxygens (including phenoxy) is 1. The van der Waals surface area contributed by atoms with Gasteiger partial charge in [-0.2, -0.15) is 0 Å². The molecule has 1 atom stereocenters. The monoisotopic (exact) mass is 217 g/mol. The predicted octanol–water partition coefficient (Wildman–Crippen LogP) is 1.94. The van der Waals surface area contributed by atoms with Gasteiger partial charge in [-0.05, 0) is 26.8 Å². The Balaban J connectivity index is 3.29. The van der Waals surface area contributed by atoms with E-state index in [1.807, 2.05) is 14.0 Å². The van der Waals surface area contributed by atoms with E-state index in [2.05, 4.69) is 12.2 Å². The lowest BCUT2D eigenvalue weighted by Crippen LogP contribution is -2.44. The number of nitrogens with one attached hydrogen (secondary N) is 1. The van der Waals surface area contributed by atoms with Crippen LogP contribution >= 0.6 is 0 Å². The second-order valence-corrected chi connectivity index (χ2v) is 4.39. The van der Waals surface area contributed by atoms with Gasteiger partial charge in [0.1, 0.15) is 0 Å². The summed E-state index contributed by atoms with van der Waals surface area (Å²) in [7, 11) is 1.87. The van der Waals surface area contributed by atoms with E-state index in [0.717, 1.165) is 26.1 Å². The molecule has 0 amide bonds. The predicted molar refractivity (Wildman–Crippen MR) is 64.1 cm³/mol. The summed E-state index contributed by atoms with van der Waals surface area (Å²) < 4.78 is 5.53. The van der Waals surface area contributed by atoms with Gasteiger partial charge in [-0.15, -0.1) is 0 Å². The fraction of sp³-hybridized carbons (Fsp3) is 1.00. The lowest BCUT2D eigenvalue weighted by atomic mass is 10.0. The summed E-state index contributed by atoms with van der Waals surface area (Å²) in [5.41, 5.74) is -0.191. The molecule has 92 valence electrons. The quantitative estimate of drug-likeness (QED) is 0.550. The van der Waals surface area contributed by atoms with E-state index in [9.17, 15) is 0 Å². The molecule has 0 aromatic carbocycles. The molecule has 0 rings (SSSR count). The van der Waals surface area contributed by atoms with Crippen molar-refractivity contribution in [1.82, 2.24) is 5.32 Å². The van der Waals surface area contributed by atoms with E-state index in [4.69, 9.17) is 9.84 Å². The molecule has 0 aromatic rings. The van der Waals surface area contributed by atoms with Gasteiger partial charge in [-0.3, -0.25) is 0 Å². The van der Waals surface area contributed by atoms with Crippen LogP contribution in [0.1, 0.15) is 46.0 Å². The first-order chi connectivity index (χ1) is 7.18. The summed E-state index contributed by atoms with van der Waals surface area (Å²) in [5.74, 6) is 0. The van der Waals surface area contributed by atoms with Crippen molar-refractivity contribution < 1.29 is 9.84 Å². The van der Waals surface area contributed by atoms with Gasteiger partial charge < -0.3 is 15.2 Å². The summed E-state index contributed by atoms with van der Waals surface area (Å²) in [5, 5.41) is 12.2. The van der Waals surface area contributed by atoms with Crippen molar-refractivity contribution in [1.29, 1.82) is 0 Å². The first-order valence-corrected chi connectivity index (χ1v) is 6.06. The molecule has 0 spiro atoms. The minimum Gasteiger partial charge on any atom is -0.394 e. The zero-order valence-corrected chi connectivity index (χ0v) is 10.5. The lowest BCUT2D eigenvalue weighted by Gasteiger charge is -2.26. The topological polar surface area (TPSA) is 41.5 Å². The maximum absolute atomic E-state index is 9.14. The van der Waals surface area contributed by atoms with Gasteiger partial charge in [0, 0.05) is 18.8 Å². The number of likely N-dealkylation sites (N-methyl/N-ethyl adjacent to an activating group) is 1. The molecule has 0 aliphatic rings. The minimum atomic E-state index is -0.191. The Morgan fingerprint density at radius 1 is 1.20 bits per heavy atom. The molecule has 1 unspecified atom stereocenters. The van der Waals surface area contributed by atoms with Crippen molar-refractivity contribution in [3.05, 3.63) is 0 Å². The van der Waals surface area contributed by atoms with Gasteiger partial charge in [0.15, 0.2) is 0 Å². The van der Waals surface area contributed by atoms with Crippen LogP contribution in [0.5, 0.6) is 0 Å². The molecule has 2 N–H and O–H groups in total. The fourth-order valence-corrected chi connectivity index (χ4v) is 1.31. The molecule has 0 saturated carbocycles. The zero-order chi connectivity index (χ0) is 11.6. The highest BCUT2D eigenvalue weighted by molar-refractivity contribution is 4.79. The van der Waals surface area contributed by atoms with E-state index in [-0.39, 0.29) is 12.1 Å². The Morgan fingerprint density at radius 2 is 1.93 bits per heavy atom. The van der Waals surface area contributed by atoms with Crippen LogP contribution in [0, 0.1) is 0 Å². The maximum Gasteiger partial charge on any atom is 0.0611 e. The molecule has 0 fully saturated rings. The lowest BCUT2D eigenvalue weighted by molar-refractivity contribution is 0.0876. The molecule has 0 aliphatic heterocycles. The van der Waals surface area contributed by atoms with Crippen LogP contribution in [-0.2, 0) is 4.74 Å². The number of hydrogen-bond donors (Lipinski definition) is 2. The molecule has 0 heterocycles. The third-order valence-corrected chi connectivity index (χ3v) is 2.89. The van der Waals surface area contributed by atoms with E-state index >= 15 is 0 Å². The summed E-state index contributed by atoms with van der Waals surface area (Å²) in [6.07, 6.45) is 5.84. The summed E-state index contributed by atoms with van der Waals surface area (Å²) >= 11 is 0. The van der Waals surface area contributed by atoms with Gasteiger partial charge >= 0.3 is 0 Å². The van der Waals surface area contributed by atoms with E-state index in [1.165, 1.54) is 19.3 Å². The molecule has 3 heteroatoms. The van der Waals surface area contributed by atoms with Crippen LogP contribution in [0.15, 0.2) is 0 Å². The van der Waals surface area contributed by atoms with Crippen molar-refractivity contribution in [2.24, 2.45) is 0 Å². The first kappa shape index (κ1) is 14.9. The second-order valence-electron chi connectivity index (χ2n) is 4.39. The van der Waals surface area contributed by atoms with Crippen molar-refractivity contribution in [2.45, 2.75) is 51.5 Å². The second kappa shape index (κ2) is 9.13. The summed E-state index contributed by atoms with van der Waals surface area (Å²) in [6, 6.07) is 0. The zero-order valence-electron chi connectivity index (χ0n) is 10.5. The molecule has 0 saturated heterocycles. The first-order valence-electron chi connectivity index (χ1n) is 6.06. The van der Waals surface area contributed by atoms with Crippen LogP contribution in [0.3, 0.4) is 0 Å². The van der Waals surface area contributed by atoms with Crippen molar-refractivity contribution in [3.8, 4) is 0 Å². The molecule has 0 radical (unpaired) electrons. The van der Waals surface area contributed by atoms with Crippen LogP contribution < -0.4 is 5.32 Å². The van der Waals surface area contributed by atoms with Crippen LogP contribution in [0.25, 0.3) is 0 Å². The van der Waals surface area contributed by atoms with Gasteiger partial charge in [0.05, 0.1) is 6.61 Å². The van der Waals surface area contributed by atoms with Gasteiger partial charge in [-0.1, -0.05) is 26.2 Å². The van der Waals surface area contributed by atoms with Crippen molar-refractivity contribution >= 4 is 0 Å². The smallest absolute Gasteiger partial charge is 0.0611 e. The molecule has 0 bridgehead atoms. The van der Waals surface area contributed by atoms with Gasteiger partial charge in [-0.25, -0.2) is 0 Å². The summed E-state index contributed by atoms with van der Waals surface area (Å²) in [6.45, 7) is 5.95. The maximum atomic E-state index is 9.14. The third-order valence-electron chi connectivity index (χ3n) is 2.89. The number of hydrogen-bond acceptors (Lipinski definition) is 3. The Labute approximate surface area is 94.2 Å². The van der Waals surface area contributed by atoms with E-state index in [1.54, 1.807) is 0 Å². The molecular formula is C12H27NO2. The Bertz CT molecular complexity index is 136. The number of unbranched alkanes of at least 4 members (excludes halogenated alkanes) is 3. The standard InChI is InChI=1S/C12H27NO2/c1-4-5-6-7-9-15-10-8-12(2,11-14)13-3/h13-14H,4-11H2,1-3H3.